The number of esters is 1. The Morgan fingerprint density at radius 2 is 1.94 bits per heavy atom. The molecule has 80 valence electrons. The molecule has 2 aromatic rings. The molecule has 0 fully saturated rings. The maximum atomic E-state index is 11.6. The monoisotopic (exact) mass is 235 g/mol. The normalized spacial score (nSPS) is 9.81. The molecule has 0 amide bonds. The average molecular weight is 236 g/mol. The molecule has 0 aliphatic heterocycles. The summed E-state index contributed by atoms with van der Waals surface area (Å²) >= 11 is 5.69. The van der Waals surface area contributed by atoms with Crippen molar-refractivity contribution in [1.29, 1.82) is 0 Å². The molecule has 0 N–H and O–H groups in total. The molecule has 1 aromatic carbocycles. The van der Waals surface area contributed by atoms with Crippen molar-refractivity contribution in [3.63, 3.8) is 0 Å². The van der Waals surface area contributed by atoms with Gasteiger partial charge in [0.15, 0.2) is 0 Å². The fraction of sp³-hybridized carbons (Fsp3) is 0. The predicted octanol–water partition coefficient (Wildman–Crippen LogP) is 1.74. The molecule has 5 nitrogen and oxygen atoms in total. The second-order valence-electron chi connectivity index (χ2n) is 2.86. The van der Waals surface area contributed by atoms with E-state index in [1.54, 1.807) is 24.3 Å². The lowest BCUT2D eigenvalue weighted by molar-refractivity contribution is 0.0725. The minimum absolute atomic E-state index is 0.106. The van der Waals surface area contributed by atoms with Crippen molar-refractivity contribution in [3.8, 4) is 5.88 Å². The topological polar surface area (TPSA) is 65.0 Å². The standard InChI is InChI=1S/C10H6ClN3O2/c11-8-3-1-7(2-4-8)10(15)16-9-5-6-12-14-13-9/h1-6H. The first-order valence-corrected chi connectivity index (χ1v) is 4.75. The second-order valence-corrected chi connectivity index (χ2v) is 3.29. The molecule has 1 heterocycles. The second kappa shape index (κ2) is 4.67. The van der Waals surface area contributed by atoms with E-state index in [-0.39, 0.29) is 5.88 Å². The summed E-state index contributed by atoms with van der Waals surface area (Å²) in [6.45, 7) is 0. The first kappa shape index (κ1) is 10.5. The number of benzene rings is 1. The number of hydrogen-bond acceptors (Lipinski definition) is 5. The summed E-state index contributed by atoms with van der Waals surface area (Å²) in [4.78, 5) is 11.6. The van der Waals surface area contributed by atoms with Crippen LogP contribution >= 0.6 is 11.6 Å². The molecule has 2 rings (SSSR count). The van der Waals surface area contributed by atoms with Crippen molar-refractivity contribution in [2.45, 2.75) is 0 Å². The van der Waals surface area contributed by atoms with E-state index in [2.05, 4.69) is 15.4 Å². The maximum absolute atomic E-state index is 11.6. The maximum Gasteiger partial charge on any atom is 0.344 e. The zero-order valence-electron chi connectivity index (χ0n) is 8.00. The van der Waals surface area contributed by atoms with Gasteiger partial charge in [0.05, 0.1) is 11.8 Å². The van der Waals surface area contributed by atoms with Crippen LogP contribution in [0.2, 0.25) is 5.02 Å². The van der Waals surface area contributed by atoms with Gasteiger partial charge in [-0.1, -0.05) is 16.7 Å². The molecule has 1 aromatic heterocycles. The highest BCUT2D eigenvalue weighted by Crippen LogP contribution is 2.11. The summed E-state index contributed by atoms with van der Waals surface area (Å²) in [6, 6.07) is 7.80. The Morgan fingerprint density at radius 1 is 1.19 bits per heavy atom. The number of hydrogen-bond donors (Lipinski definition) is 0. The van der Waals surface area contributed by atoms with Crippen LogP contribution in [-0.2, 0) is 0 Å². The highest BCUT2D eigenvalue weighted by Gasteiger charge is 2.08. The summed E-state index contributed by atoms with van der Waals surface area (Å²) in [5.74, 6) is -0.410. The van der Waals surface area contributed by atoms with E-state index < -0.39 is 5.97 Å². The number of ether oxygens (including phenoxy) is 1. The van der Waals surface area contributed by atoms with E-state index in [0.29, 0.717) is 10.6 Å². The number of carbonyl (C=O) groups is 1. The van der Waals surface area contributed by atoms with Gasteiger partial charge >= 0.3 is 5.97 Å². The number of nitrogens with zero attached hydrogens (tertiary/aromatic N) is 3. The van der Waals surface area contributed by atoms with Crippen LogP contribution in [0.1, 0.15) is 10.4 Å². The summed E-state index contributed by atoms with van der Waals surface area (Å²) in [7, 11) is 0. The molecule has 6 heteroatoms. The number of rotatable bonds is 2. The smallest absolute Gasteiger partial charge is 0.344 e. The van der Waals surface area contributed by atoms with Crippen LogP contribution in [0.15, 0.2) is 36.5 Å². The van der Waals surface area contributed by atoms with Crippen LogP contribution in [-0.4, -0.2) is 21.4 Å². The van der Waals surface area contributed by atoms with E-state index in [0.717, 1.165) is 0 Å². The summed E-state index contributed by atoms with van der Waals surface area (Å²) in [6.07, 6.45) is 1.39. The Kier molecular flexibility index (Phi) is 3.07. The third kappa shape index (κ3) is 2.52. The van der Waals surface area contributed by atoms with Crippen molar-refractivity contribution < 1.29 is 9.53 Å². The number of carbonyl (C=O) groups excluding carboxylic acids is 1. The number of aromatic nitrogens is 3. The molecule has 0 radical (unpaired) electrons. The van der Waals surface area contributed by atoms with Crippen LogP contribution in [0.5, 0.6) is 5.88 Å². The van der Waals surface area contributed by atoms with E-state index in [4.69, 9.17) is 16.3 Å². The molecule has 16 heavy (non-hydrogen) atoms. The van der Waals surface area contributed by atoms with E-state index in [9.17, 15) is 4.79 Å². The van der Waals surface area contributed by atoms with E-state index in [1.165, 1.54) is 12.3 Å². The molecule has 0 unspecified atom stereocenters. The molecule has 0 bridgehead atoms. The van der Waals surface area contributed by atoms with Crippen LogP contribution < -0.4 is 4.74 Å². The van der Waals surface area contributed by atoms with Crippen LogP contribution in [0, 0.1) is 0 Å². The van der Waals surface area contributed by atoms with Gasteiger partial charge in [0.1, 0.15) is 0 Å². The molecule has 0 atom stereocenters. The van der Waals surface area contributed by atoms with Crippen molar-refractivity contribution in [2.75, 3.05) is 0 Å². The lowest BCUT2D eigenvalue weighted by Gasteiger charge is -2.01. The Labute approximate surface area is 96.0 Å². The lowest BCUT2D eigenvalue weighted by Crippen LogP contribution is -2.09. The van der Waals surface area contributed by atoms with Crippen molar-refractivity contribution >= 4 is 17.6 Å². The van der Waals surface area contributed by atoms with Crippen molar-refractivity contribution in [3.05, 3.63) is 47.1 Å². The van der Waals surface area contributed by atoms with Crippen LogP contribution in [0.3, 0.4) is 0 Å². The quantitative estimate of drug-likeness (QED) is 0.742. The average Bonchev–Trinajstić information content (AvgIpc) is 2.31. The van der Waals surface area contributed by atoms with Gasteiger partial charge in [-0.15, -0.1) is 5.10 Å². The van der Waals surface area contributed by atoms with Gasteiger partial charge in [-0.3, -0.25) is 0 Å². The summed E-state index contributed by atoms with van der Waals surface area (Å²) < 4.78 is 4.94. The SMILES string of the molecule is O=C(Oc1ccnnn1)c1ccc(Cl)cc1. The van der Waals surface area contributed by atoms with Crippen molar-refractivity contribution in [1.82, 2.24) is 15.4 Å². The van der Waals surface area contributed by atoms with Crippen molar-refractivity contribution in [2.24, 2.45) is 0 Å². The third-order valence-corrected chi connectivity index (χ3v) is 2.01. The minimum Gasteiger partial charge on any atom is -0.402 e. The molecule has 0 aliphatic carbocycles. The van der Waals surface area contributed by atoms with Gasteiger partial charge in [-0.25, -0.2) is 4.79 Å². The van der Waals surface area contributed by atoms with Gasteiger partial charge < -0.3 is 4.74 Å². The molecular formula is C10H6ClN3O2. The molecule has 0 spiro atoms. The third-order valence-electron chi connectivity index (χ3n) is 1.76. The zero-order valence-corrected chi connectivity index (χ0v) is 8.76. The summed E-state index contributed by atoms with van der Waals surface area (Å²) in [5.41, 5.74) is 0.392. The highest BCUT2D eigenvalue weighted by molar-refractivity contribution is 6.30. The Morgan fingerprint density at radius 3 is 2.56 bits per heavy atom. The zero-order chi connectivity index (χ0) is 11.4. The molecule has 0 saturated heterocycles. The predicted molar refractivity (Wildman–Crippen MR) is 56.2 cm³/mol. The molecular weight excluding hydrogens is 230 g/mol. The Hall–Kier alpha value is -2.01. The lowest BCUT2D eigenvalue weighted by atomic mass is 10.2. The Bertz CT molecular complexity index is 487. The first-order valence-electron chi connectivity index (χ1n) is 4.38. The van der Waals surface area contributed by atoms with Gasteiger partial charge in [-0.2, -0.15) is 0 Å². The highest BCUT2D eigenvalue weighted by atomic mass is 35.5. The molecule has 0 aliphatic rings. The molecule has 0 saturated carbocycles. The fourth-order valence-electron chi connectivity index (χ4n) is 1.02. The fourth-order valence-corrected chi connectivity index (χ4v) is 1.15. The van der Waals surface area contributed by atoms with Crippen LogP contribution in [0.4, 0.5) is 0 Å². The number of halogens is 1. The van der Waals surface area contributed by atoms with Crippen LogP contribution in [0.25, 0.3) is 0 Å². The van der Waals surface area contributed by atoms with E-state index in [1.807, 2.05) is 0 Å². The minimum atomic E-state index is -0.517. The Balaban J connectivity index is 2.12. The van der Waals surface area contributed by atoms with Gasteiger partial charge in [0, 0.05) is 11.1 Å². The largest absolute Gasteiger partial charge is 0.402 e. The summed E-state index contributed by atoms with van der Waals surface area (Å²) in [5, 5.41) is 10.9. The van der Waals surface area contributed by atoms with Gasteiger partial charge in [-0.05, 0) is 29.5 Å². The first-order chi connectivity index (χ1) is 7.75. The van der Waals surface area contributed by atoms with E-state index >= 15 is 0 Å². The van der Waals surface area contributed by atoms with Gasteiger partial charge in [0.25, 0.3) is 0 Å². The van der Waals surface area contributed by atoms with Gasteiger partial charge in [0.2, 0.25) is 5.88 Å².